The second-order valence-corrected chi connectivity index (χ2v) is 3.43. The SMILES string of the molecule is OCC1COC2(CCC2)OC1. The predicted octanol–water partition coefficient (Wildman–Crippen LogP) is 0.522. The first-order chi connectivity index (χ1) is 5.35. The van der Waals surface area contributed by atoms with Gasteiger partial charge in [-0.3, -0.25) is 0 Å². The summed E-state index contributed by atoms with van der Waals surface area (Å²) >= 11 is 0. The van der Waals surface area contributed by atoms with Gasteiger partial charge in [0.15, 0.2) is 5.79 Å². The largest absolute Gasteiger partial charge is 0.396 e. The van der Waals surface area contributed by atoms with Gasteiger partial charge >= 0.3 is 0 Å². The van der Waals surface area contributed by atoms with Crippen molar-refractivity contribution in [1.29, 1.82) is 0 Å². The van der Waals surface area contributed by atoms with Gasteiger partial charge in [0.1, 0.15) is 0 Å². The zero-order chi connectivity index (χ0) is 7.73. The van der Waals surface area contributed by atoms with Gasteiger partial charge < -0.3 is 14.6 Å². The van der Waals surface area contributed by atoms with Crippen molar-refractivity contribution < 1.29 is 14.6 Å². The maximum Gasteiger partial charge on any atom is 0.168 e. The lowest BCUT2D eigenvalue weighted by atomic mass is 9.90. The summed E-state index contributed by atoms with van der Waals surface area (Å²) in [6.45, 7) is 1.50. The summed E-state index contributed by atoms with van der Waals surface area (Å²) < 4.78 is 11.0. The number of hydrogen-bond donors (Lipinski definition) is 1. The molecular weight excluding hydrogens is 144 g/mol. The monoisotopic (exact) mass is 158 g/mol. The topological polar surface area (TPSA) is 38.7 Å². The molecule has 1 aliphatic carbocycles. The van der Waals surface area contributed by atoms with Gasteiger partial charge in [0.2, 0.25) is 0 Å². The van der Waals surface area contributed by atoms with E-state index in [4.69, 9.17) is 14.6 Å². The highest BCUT2D eigenvalue weighted by molar-refractivity contribution is 4.83. The van der Waals surface area contributed by atoms with Crippen LogP contribution in [0.3, 0.4) is 0 Å². The van der Waals surface area contributed by atoms with Gasteiger partial charge in [0.05, 0.1) is 19.8 Å². The standard InChI is InChI=1S/C8H14O3/c9-4-7-5-10-8(11-6-7)2-1-3-8/h7,9H,1-6H2. The van der Waals surface area contributed by atoms with E-state index < -0.39 is 0 Å². The maximum absolute atomic E-state index is 8.79. The third-order valence-corrected chi connectivity index (χ3v) is 2.54. The van der Waals surface area contributed by atoms with Gasteiger partial charge in [-0.15, -0.1) is 0 Å². The molecular formula is C8H14O3. The van der Waals surface area contributed by atoms with E-state index in [0.29, 0.717) is 13.2 Å². The summed E-state index contributed by atoms with van der Waals surface area (Å²) in [5.41, 5.74) is 0. The molecule has 2 rings (SSSR count). The van der Waals surface area contributed by atoms with Gasteiger partial charge in [-0.05, 0) is 6.42 Å². The molecule has 1 aliphatic heterocycles. The molecule has 2 fully saturated rings. The Balaban J connectivity index is 1.84. The molecule has 0 aromatic heterocycles. The molecule has 3 heteroatoms. The molecule has 1 heterocycles. The van der Waals surface area contributed by atoms with Gasteiger partial charge in [0, 0.05) is 18.8 Å². The average molecular weight is 158 g/mol. The van der Waals surface area contributed by atoms with E-state index in [0.717, 1.165) is 12.8 Å². The summed E-state index contributed by atoms with van der Waals surface area (Å²) in [6.07, 6.45) is 3.28. The first-order valence-corrected chi connectivity index (χ1v) is 4.23. The van der Waals surface area contributed by atoms with E-state index in [1.54, 1.807) is 0 Å². The lowest BCUT2D eigenvalue weighted by Gasteiger charge is -2.45. The summed E-state index contributed by atoms with van der Waals surface area (Å²) in [4.78, 5) is 0. The number of rotatable bonds is 1. The number of hydrogen-bond acceptors (Lipinski definition) is 3. The van der Waals surface area contributed by atoms with Gasteiger partial charge in [-0.1, -0.05) is 0 Å². The minimum Gasteiger partial charge on any atom is -0.396 e. The average Bonchev–Trinajstić information content (AvgIpc) is 2.02. The lowest BCUT2D eigenvalue weighted by Crippen LogP contribution is -2.49. The van der Waals surface area contributed by atoms with Crippen molar-refractivity contribution in [3.05, 3.63) is 0 Å². The minimum atomic E-state index is -0.230. The van der Waals surface area contributed by atoms with Crippen LogP contribution < -0.4 is 0 Å². The Hall–Kier alpha value is -0.120. The van der Waals surface area contributed by atoms with Crippen LogP contribution in [0.25, 0.3) is 0 Å². The number of ether oxygens (including phenoxy) is 2. The van der Waals surface area contributed by atoms with Crippen molar-refractivity contribution >= 4 is 0 Å². The number of aliphatic hydroxyl groups excluding tert-OH is 1. The van der Waals surface area contributed by atoms with Crippen molar-refractivity contribution in [2.75, 3.05) is 19.8 Å². The van der Waals surface area contributed by atoms with E-state index >= 15 is 0 Å². The fourth-order valence-corrected chi connectivity index (χ4v) is 1.49. The van der Waals surface area contributed by atoms with E-state index in [9.17, 15) is 0 Å². The lowest BCUT2D eigenvalue weighted by molar-refractivity contribution is -0.318. The Morgan fingerprint density at radius 2 is 1.91 bits per heavy atom. The molecule has 1 saturated carbocycles. The fourth-order valence-electron chi connectivity index (χ4n) is 1.49. The third-order valence-electron chi connectivity index (χ3n) is 2.54. The fraction of sp³-hybridized carbons (Fsp3) is 1.00. The quantitative estimate of drug-likeness (QED) is 0.604. The van der Waals surface area contributed by atoms with Crippen LogP contribution in [-0.4, -0.2) is 30.7 Å². The van der Waals surface area contributed by atoms with Gasteiger partial charge in [-0.25, -0.2) is 0 Å². The van der Waals surface area contributed by atoms with Gasteiger partial charge in [-0.2, -0.15) is 0 Å². The smallest absolute Gasteiger partial charge is 0.168 e. The number of aliphatic hydroxyl groups is 1. The van der Waals surface area contributed by atoms with Crippen molar-refractivity contribution in [3.8, 4) is 0 Å². The molecule has 1 N–H and O–H groups in total. The molecule has 1 spiro atoms. The van der Waals surface area contributed by atoms with Crippen LogP contribution in [0.4, 0.5) is 0 Å². The molecule has 0 amide bonds. The van der Waals surface area contributed by atoms with Crippen LogP contribution >= 0.6 is 0 Å². The molecule has 0 aromatic carbocycles. The molecule has 1 saturated heterocycles. The Kier molecular flexibility index (Phi) is 1.87. The minimum absolute atomic E-state index is 0.177. The zero-order valence-corrected chi connectivity index (χ0v) is 6.58. The van der Waals surface area contributed by atoms with Crippen molar-refractivity contribution in [1.82, 2.24) is 0 Å². The highest BCUT2D eigenvalue weighted by Gasteiger charge is 2.42. The highest BCUT2D eigenvalue weighted by Crippen LogP contribution is 2.39. The van der Waals surface area contributed by atoms with E-state index in [1.807, 2.05) is 0 Å². The molecule has 2 aliphatic rings. The third kappa shape index (κ3) is 1.28. The molecule has 0 radical (unpaired) electrons. The summed E-state index contributed by atoms with van der Waals surface area (Å²) in [5.74, 6) is -0.0349. The normalized spacial score (nSPS) is 30.3. The first kappa shape index (κ1) is 7.53. The zero-order valence-electron chi connectivity index (χ0n) is 6.58. The molecule has 3 nitrogen and oxygen atoms in total. The van der Waals surface area contributed by atoms with Crippen LogP contribution in [-0.2, 0) is 9.47 Å². The summed E-state index contributed by atoms with van der Waals surface area (Å²) in [6, 6.07) is 0. The molecule has 0 bridgehead atoms. The molecule has 0 aromatic rings. The maximum atomic E-state index is 8.79. The Morgan fingerprint density at radius 3 is 2.27 bits per heavy atom. The molecule has 0 atom stereocenters. The Morgan fingerprint density at radius 1 is 1.27 bits per heavy atom. The van der Waals surface area contributed by atoms with E-state index in [1.165, 1.54) is 6.42 Å². The molecule has 64 valence electrons. The van der Waals surface area contributed by atoms with Crippen LogP contribution in [0.2, 0.25) is 0 Å². The van der Waals surface area contributed by atoms with E-state index in [-0.39, 0.29) is 18.3 Å². The van der Waals surface area contributed by atoms with Crippen LogP contribution in [0.15, 0.2) is 0 Å². The van der Waals surface area contributed by atoms with Crippen LogP contribution in [0, 0.1) is 5.92 Å². The van der Waals surface area contributed by atoms with E-state index in [2.05, 4.69) is 0 Å². The predicted molar refractivity (Wildman–Crippen MR) is 39.1 cm³/mol. The van der Waals surface area contributed by atoms with Crippen molar-refractivity contribution in [2.24, 2.45) is 5.92 Å². The Labute approximate surface area is 66.3 Å². The van der Waals surface area contributed by atoms with Crippen LogP contribution in [0.1, 0.15) is 19.3 Å². The first-order valence-electron chi connectivity index (χ1n) is 4.23. The molecule has 0 unspecified atom stereocenters. The van der Waals surface area contributed by atoms with Crippen LogP contribution in [0.5, 0.6) is 0 Å². The highest BCUT2D eigenvalue weighted by atomic mass is 16.7. The van der Waals surface area contributed by atoms with Gasteiger partial charge in [0.25, 0.3) is 0 Å². The molecule has 11 heavy (non-hydrogen) atoms. The second-order valence-electron chi connectivity index (χ2n) is 3.43. The summed E-state index contributed by atoms with van der Waals surface area (Å²) in [7, 11) is 0. The summed E-state index contributed by atoms with van der Waals surface area (Å²) in [5, 5.41) is 8.79. The Bertz CT molecular complexity index is 132. The van der Waals surface area contributed by atoms with Crippen molar-refractivity contribution in [3.63, 3.8) is 0 Å². The second kappa shape index (κ2) is 2.73. The van der Waals surface area contributed by atoms with Crippen molar-refractivity contribution in [2.45, 2.75) is 25.0 Å².